The fraction of sp³-hybridized carbons (Fsp3) is 0.429. The predicted octanol–water partition coefficient (Wildman–Crippen LogP) is 0.465. The van der Waals surface area contributed by atoms with Crippen LogP contribution in [0.1, 0.15) is 26.3 Å². The molecule has 20 heavy (non-hydrogen) atoms. The molecule has 6 heteroatoms. The number of ether oxygens (including phenoxy) is 1. The molecule has 0 unspecified atom stereocenters. The van der Waals surface area contributed by atoms with Gasteiger partial charge in [-0.15, -0.1) is 0 Å². The van der Waals surface area contributed by atoms with Gasteiger partial charge < -0.3 is 15.2 Å². The molecule has 0 heterocycles. The number of nitrogens with one attached hydrogen (secondary N) is 1. The van der Waals surface area contributed by atoms with Gasteiger partial charge in [0.15, 0.2) is 0 Å². The molecule has 1 aromatic carbocycles. The number of carboxylic acid groups (broad SMARTS) is 1. The van der Waals surface area contributed by atoms with Crippen molar-refractivity contribution in [3.05, 3.63) is 29.8 Å². The molecule has 0 aliphatic heterocycles. The summed E-state index contributed by atoms with van der Waals surface area (Å²) in [5.41, 5.74) is 1.29. The van der Waals surface area contributed by atoms with Crippen molar-refractivity contribution in [3.63, 3.8) is 0 Å². The first-order valence-electron chi connectivity index (χ1n) is 6.45. The minimum absolute atomic E-state index is 0.217. The second-order valence-electron chi connectivity index (χ2n) is 5.73. The van der Waals surface area contributed by atoms with Crippen LogP contribution >= 0.6 is 0 Å². The Balaban J connectivity index is 2.68. The van der Waals surface area contributed by atoms with E-state index in [-0.39, 0.29) is 6.42 Å². The molecule has 2 N–H and O–H groups in total. The first-order chi connectivity index (χ1) is 9.17. The lowest BCUT2D eigenvalue weighted by Gasteiger charge is -2.22. The summed E-state index contributed by atoms with van der Waals surface area (Å²) in [5, 5.41) is 11.5. The summed E-state index contributed by atoms with van der Waals surface area (Å²) < 4.78 is 5.06. The molecule has 0 spiro atoms. The summed E-state index contributed by atoms with van der Waals surface area (Å²) in [6.45, 7) is 5.17. The van der Waals surface area contributed by atoms with Crippen LogP contribution in [-0.4, -0.2) is 36.7 Å². The Morgan fingerprint density at radius 2 is 1.85 bits per heavy atom. The van der Waals surface area contributed by atoms with E-state index in [0.29, 0.717) is 0 Å². The minimum atomic E-state index is -1.09. The van der Waals surface area contributed by atoms with Crippen molar-refractivity contribution in [1.29, 1.82) is 0 Å². The highest BCUT2D eigenvalue weighted by atomic mass is 16.6. The van der Waals surface area contributed by atoms with Crippen LogP contribution in [0.5, 0.6) is 0 Å². The van der Waals surface area contributed by atoms with E-state index in [0.717, 1.165) is 11.0 Å². The number of benzene rings is 1. The molecule has 0 aliphatic carbocycles. The lowest BCUT2D eigenvalue weighted by Crippen LogP contribution is -2.44. The van der Waals surface area contributed by atoms with E-state index in [9.17, 15) is 9.59 Å². The largest absolute Gasteiger partial charge is 0.480 e. The van der Waals surface area contributed by atoms with Gasteiger partial charge in [0.05, 0.1) is 0 Å². The summed E-state index contributed by atoms with van der Waals surface area (Å²) in [4.78, 5) is 22.8. The number of hydrogen-bond donors (Lipinski definition) is 2. The van der Waals surface area contributed by atoms with Gasteiger partial charge in [-0.1, -0.05) is 29.7 Å². The highest BCUT2D eigenvalue weighted by Crippen LogP contribution is 2.08. The molecular formula is C14H20BNO4. The fourth-order valence-electron chi connectivity index (χ4n) is 1.61. The topological polar surface area (TPSA) is 75.6 Å². The monoisotopic (exact) mass is 277 g/mol. The van der Waals surface area contributed by atoms with Crippen molar-refractivity contribution in [2.45, 2.75) is 38.8 Å². The third-order valence-electron chi connectivity index (χ3n) is 2.55. The number of carbonyl (C=O) groups excluding carboxylic acids is 1. The Hall–Kier alpha value is -1.98. The summed E-state index contributed by atoms with van der Waals surface area (Å²) in [6, 6.07) is 6.50. The van der Waals surface area contributed by atoms with Crippen molar-refractivity contribution in [2.24, 2.45) is 0 Å². The van der Waals surface area contributed by atoms with Crippen LogP contribution in [0.15, 0.2) is 24.3 Å². The van der Waals surface area contributed by atoms with Gasteiger partial charge in [-0.25, -0.2) is 9.59 Å². The van der Waals surface area contributed by atoms with Crippen LogP contribution in [0.25, 0.3) is 0 Å². The predicted molar refractivity (Wildman–Crippen MR) is 79.1 cm³/mol. The summed E-state index contributed by atoms with van der Waals surface area (Å²) in [5.74, 6) is -1.09. The van der Waals surface area contributed by atoms with Crippen LogP contribution in [-0.2, 0) is 16.0 Å². The molecule has 0 fully saturated rings. The SMILES string of the molecule is Bc1ccc(C[C@H](NC(=O)OC(C)(C)C)C(=O)O)cc1. The van der Waals surface area contributed by atoms with Crippen LogP contribution in [0, 0.1) is 0 Å². The van der Waals surface area contributed by atoms with Gasteiger partial charge in [0.1, 0.15) is 19.5 Å². The smallest absolute Gasteiger partial charge is 0.408 e. The first kappa shape index (κ1) is 16.1. The first-order valence-corrected chi connectivity index (χ1v) is 6.45. The van der Waals surface area contributed by atoms with E-state index >= 15 is 0 Å². The van der Waals surface area contributed by atoms with Gasteiger partial charge in [0, 0.05) is 6.42 Å². The molecule has 0 radical (unpaired) electrons. The number of carboxylic acids is 1. The zero-order valence-corrected chi connectivity index (χ0v) is 12.3. The lowest BCUT2D eigenvalue weighted by atomic mass is 9.94. The molecule has 0 saturated carbocycles. The minimum Gasteiger partial charge on any atom is -0.480 e. The summed E-state index contributed by atoms with van der Waals surface area (Å²) in [7, 11) is 1.96. The zero-order valence-electron chi connectivity index (χ0n) is 12.3. The van der Waals surface area contributed by atoms with E-state index in [1.807, 2.05) is 32.1 Å². The van der Waals surface area contributed by atoms with Crippen LogP contribution in [0.4, 0.5) is 4.79 Å². The molecule has 0 aliphatic rings. The Labute approximate surface area is 119 Å². The van der Waals surface area contributed by atoms with Crippen LogP contribution < -0.4 is 10.8 Å². The van der Waals surface area contributed by atoms with Crippen LogP contribution in [0.3, 0.4) is 0 Å². The van der Waals surface area contributed by atoms with E-state index in [2.05, 4.69) is 5.32 Å². The number of aliphatic carboxylic acids is 1. The Kier molecular flexibility index (Phi) is 5.19. The average Bonchev–Trinajstić information content (AvgIpc) is 2.28. The molecule has 1 atom stereocenters. The lowest BCUT2D eigenvalue weighted by molar-refractivity contribution is -0.139. The fourth-order valence-corrected chi connectivity index (χ4v) is 1.61. The quantitative estimate of drug-likeness (QED) is 0.784. The van der Waals surface area contributed by atoms with Gasteiger partial charge in [-0.05, 0) is 26.3 Å². The molecule has 108 valence electrons. The maximum absolute atomic E-state index is 11.6. The van der Waals surface area contributed by atoms with Gasteiger partial charge >= 0.3 is 12.1 Å². The van der Waals surface area contributed by atoms with E-state index in [1.54, 1.807) is 20.8 Å². The van der Waals surface area contributed by atoms with Crippen molar-refractivity contribution in [2.75, 3.05) is 0 Å². The second kappa shape index (κ2) is 6.46. The Morgan fingerprint density at radius 1 is 1.30 bits per heavy atom. The van der Waals surface area contributed by atoms with Crippen molar-refractivity contribution in [1.82, 2.24) is 5.32 Å². The van der Waals surface area contributed by atoms with Crippen molar-refractivity contribution in [3.8, 4) is 0 Å². The van der Waals surface area contributed by atoms with Crippen molar-refractivity contribution >= 4 is 25.4 Å². The second-order valence-corrected chi connectivity index (χ2v) is 5.73. The highest BCUT2D eigenvalue weighted by Gasteiger charge is 2.24. The third-order valence-corrected chi connectivity index (χ3v) is 2.55. The van der Waals surface area contributed by atoms with Crippen molar-refractivity contribution < 1.29 is 19.4 Å². The number of hydrogen-bond acceptors (Lipinski definition) is 3. The standard InChI is InChI=1S/C14H20BNO4/c1-14(2,3)20-13(19)16-11(12(17)18)8-9-4-6-10(15)7-5-9/h4-7,11H,8,15H2,1-3H3,(H,16,19)(H,17,18)/t11-/m0/s1. The zero-order chi connectivity index (χ0) is 15.3. The molecular weight excluding hydrogens is 257 g/mol. The molecule has 1 rings (SSSR count). The molecule has 0 aromatic heterocycles. The number of rotatable bonds is 4. The Bertz CT molecular complexity index is 479. The van der Waals surface area contributed by atoms with E-state index in [1.165, 1.54) is 0 Å². The maximum atomic E-state index is 11.6. The van der Waals surface area contributed by atoms with Gasteiger partial charge in [-0.2, -0.15) is 0 Å². The molecule has 1 amide bonds. The summed E-state index contributed by atoms with van der Waals surface area (Å²) >= 11 is 0. The molecule has 5 nitrogen and oxygen atoms in total. The number of carbonyl (C=O) groups is 2. The number of alkyl carbamates (subject to hydrolysis) is 1. The van der Waals surface area contributed by atoms with Gasteiger partial charge in [-0.3, -0.25) is 0 Å². The molecule has 0 bridgehead atoms. The van der Waals surface area contributed by atoms with E-state index in [4.69, 9.17) is 9.84 Å². The maximum Gasteiger partial charge on any atom is 0.408 e. The molecule has 1 aromatic rings. The molecule has 0 saturated heterocycles. The summed E-state index contributed by atoms with van der Waals surface area (Å²) in [6.07, 6.45) is -0.508. The van der Waals surface area contributed by atoms with Gasteiger partial charge in [0.25, 0.3) is 0 Å². The van der Waals surface area contributed by atoms with Gasteiger partial charge in [0.2, 0.25) is 0 Å². The average molecular weight is 277 g/mol. The normalized spacial score (nSPS) is 12.6. The van der Waals surface area contributed by atoms with Crippen LogP contribution in [0.2, 0.25) is 0 Å². The third kappa shape index (κ3) is 5.78. The highest BCUT2D eigenvalue weighted by molar-refractivity contribution is 6.32. The Morgan fingerprint density at radius 3 is 2.30 bits per heavy atom. The van der Waals surface area contributed by atoms with E-state index < -0.39 is 23.7 Å². The number of amides is 1.